The van der Waals surface area contributed by atoms with E-state index in [1.807, 2.05) is 6.92 Å². The van der Waals surface area contributed by atoms with E-state index in [-0.39, 0.29) is 17.9 Å². The first-order valence-electron chi connectivity index (χ1n) is 7.68. The zero-order chi connectivity index (χ0) is 16.7. The van der Waals surface area contributed by atoms with E-state index in [2.05, 4.69) is 20.1 Å². The Morgan fingerprint density at radius 1 is 1.25 bits per heavy atom. The second-order valence-corrected chi connectivity index (χ2v) is 5.80. The van der Waals surface area contributed by atoms with Crippen molar-refractivity contribution in [1.82, 2.24) is 29.5 Å². The molecule has 4 rings (SSSR count). The van der Waals surface area contributed by atoms with Crippen molar-refractivity contribution in [3.8, 4) is 11.5 Å². The molecule has 8 heteroatoms. The smallest absolute Gasteiger partial charge is 0.260 e. The van der Waals surface area contributed by atoms with Gasteiger partial charge in [-0.15, -0.1) is 0 Å². The lowest BCUT2D eigenvalue weighted by atomic mass is 9.90. The quantitative estimate of drug-likeness (QED) is 0.731. The van der Waals surface area contributed by atoms with Gasteiger partial charge in [-0.25, -0.2) is 19.5 Å². The molecule has 0 bridgehead atoms. The van der Waals surface area contributed by atoms with Crippen molar-refractivity contribution in [3.63, 3.8) is 0 Å². The van der Waals surface area contributed by atoms with E-state index in [4.69, 9.17) is 0 Å². The molecule has 1 saturated heterocycles. The summed E-state index contributed by atoms with van der Waals surface area (Å²) in [4.78, 5) is 27.3. The number of carbonyl (C=O) groups excluding carboxylic acids is 1. The third-order valence-electron chi connectivity index (χ3n) is 4.45. The molecule has 4 heterocycles. The molecule has 0 aromatic carbocycles. The number of hydrogen-bond acceptors (Lipinski definition) is 5. The van der Waals surface area contributed by atoms with Gasteiger partial charge in [0, 0.05) is 43.3 Å². The molecular weight excluding hydrogens is 311 g/mol. The van der Waals surface area contributed by atoms with Gasteiger partial charge < -0.3 is 4.90 Å². The van der Waals surface area contributed by atoms with Gasteiger partial charge in [0.2, 0.25) is 0 Å². The molecule has 1 fully saturated rings. The first kappa shape index (κ1) is 14.7. The van der Waals surface area contributed by atoms with Gasteiger partial charge in [-0.1, -0.05) is 0 Å². The van der Waals surface area contributed by atoms with E-state index in [1.54, 1.807) is 41.8 Å². The van der Waals surface area contributed by atoms with Crippen LogP contribution in [0.1, 0.15) is 17.3 Å². The number of fused-ring (bicyclic) bond motifs is 1. The maximum absolute atomic E-state index is 13.0. The largest absolute Gasteiger partial charge is 0.335 e. The molecule has 0 spiro atoms. The van der Waals surface area contributed by atoms with Crippen molar-refractivity contribution in [3.05, 3.63) is 42.5 Å². The van der Waals surface area contributed by atoms with Crippen LogP contribution in [0, 0.1) is 5.92 Å². The first-order valence-corrected chi connectivity index (χ1v) is 7.68. The summed E-state index contributed by atoms with van der Waals surface area (Å²) in [6.45, 7) is 1.83. The Kier molecular flexibility index (Phi) is 3.44. The second-order valence-electron chi connectivity index (χ2n) is 5.80. The van der Waals surface area contributed by atoms with Crippen LogP contribution in [0.25, 0.3) is 17.2 Å². The highest BCUT2D eigenvalue weighted by atomic mass is 19.1. The standard InChI is InChI=1S/C16H15FN6O/c1-10-11(8-17)9-22(10)16(24)12-13(14-18-4-2-5-19-14)21-23-7-3-6-20-15(12)23/h2-7,10-11H,8-9H2,1H3. The van der Waals surface area contributed by atoms with Crippen molar-refractivity contribution in [2.75, 3.05) is 13.2 Å². The minimum Gasteiger partial charge on any atom is -0.335 e. The molecule has 3 aromatic rings. The summed E-state index contributed by atoms with van der Waals surface area (Å²) >= 11 is 0. The van der Waals surface area contributed by atoms with E-state index >= 15 is 0 Å². The molecule has 2 unspecified atom stereocenters. The number of rotatable bonds is 3. The lowest BCUT2D eigenvalue weighted by Crippen LogP contribution is -2.57. The minimum atomic E-state index is -0.424. The fraction of sp³-hybridized carbons (Fsp3) is 0.312. The van der Waals surface area contributed by atoms with Crippen LogP contribution in [0.4, 0.5) is 4.39 Å². The van der Waals surface area contributed by atoms with Crippen LogP contribution in [0.15, 0.2) is 36.9 Å². The second kappa shape index (κ2) is 5.63. The number of likely N-dealkylation sites (tertiary alicyclic amines) is 1. The third kappa shape index (κ3) is 2.14. The summed E-state index contributed by atoms with van der Waals surface area (Å²) in [5.41, 5.74) is 1.18. The molecule has 1 amide bonds. The Bertz CT molecular complexity index is 896. The Morgan fingerprint density at radius 3 is 2.71 bits per heavy atom. The van der Waals surface area contributed by atoms with Crippen LogP contribution in [-0.4, -0.2) is 54.6 Å². The number of amides is 1. The Balaban J connectivity index is 1.83. The van der Waals surface area contributed by atoms with Gasteiger partial charge in [-0.3, -0.25) is 9.18 Å². The third-order valence-corrected chi connectivity index (χ3v) is 4.45. The normalized spacial score (nSPS) is 20.2. The first-order chi connectivity index (χ1) is 11.7. The predicted octanol–water partition coefficient (Wildman–Crippen LogP) is 1.62. The van der Waals surface area contributed by atoms with Crippen molar-refractivity contribution >= 4 is 11.6 Å². The van der Waals surface area contributed by atoms with Crippen LogP contribution >= 0.6 is 0 Å². The number of nitrogens with zero attached hydrogens (tertiary/aromatic N) is 6. The lowest BCUT2D eigenvalue weighted by molar-refractivity contribution is 0.0142. The lowest BCUT2D eigenvalue weighted by Gasteiger charge is -2.45. The zero-order valence-electron chi connectivity index (χ0n) is 13.0. The molecule has 1 aliphatic heterocycles. The summed E-state index contributed by atoms with van der Waals surface area (Å²) in [6.07, 6.45) is 6.52. The van der Waals surface area contributed by atoms with E-state index in [0.29, 0.717) is 29.3 Å². The molecule has 3 aromatic heterocycles. The summed E-state index contributed by atoms with van der Waals surface area (Å²) in [5, 5.41) is 4.42. The average Bonchev–Trinajstić information content (AvgIpc) is 3.01. The van der Waals surface area contributed by atoms with Crippen LogP contribution in [0.5, 0.6) is 0 Å². The number of carbonyl (C=O) groups is 1. The molecule has 2 atom stereocenters. The van der Waals surface area contributed by atoms with Crippen molar-refractivity contribution in [2.24, 2.45) is 5.92 Å². The van der Waals surface area contributed by atoms with Crippen LogP contribution in [-0.2, 0) is 0 Å². The van der Waals surface area contributed by atoms with Gasteiger partial charge in [0.25, 0.3) is 5.91 Å². The number of halogens is 1. The highest BCUT2D eigenvalue weighted by Gasteiger charge is 2.41. The Hall–Kier alpha value is -2.90. The molecule has 0 aliphatic carbocycles. The molecule has 1 aliphatic rings. The number of hydrogen-bond donors (Lipinski definition) is 0. The number of aromatic nitrogens is 5. The van der Waals surface area contributed by atoms with Gasteiger partial charge in [-0.05, 0) is 19.1 Å². The van der Waals surface area contributed by atoms with Gasteiger partial charge >= 0.3 is 0 Å². The molecule has 0 saturated carbocycles. The molecule has 7 nitrogen and oxygen atoms in total. The molecular formula is C16H15FN6O. The van der Waals surface area contributed by atoms with Crippen LogP contribution in [0.3, 0.4) is 0 Å². The highest BCUT2D eigenvalue weighted by molar-refractivity contribution is 6.05. The van der Waals surface area contributed by atoms with Gasteiger partial charge in [0.1, 0.15) is 11.3 Å². The highest BCUT2D eigenvalue weighted by Crippen LogP contribution is 2.31. The fourth-order valence-electron chi connectivity index (χ4n) is 2.94. The van der Waals surface area contributed by atoms with Crippen molar-refractivity contribution in [2.45, 2.75) is 13.0 Å². The van der Waals surface area contributed by atoms with Gasteiger partial charge in [0.15, 0.2) is 11.5 Å². The van der Waals surface area contributed by atoms with E-state index in [1.165, 1.54) is 4.52 Å². The fourth-order valence-corrected chi connectivity index (χ4v) is 2.94. The van der Waals surface area contributed by atoms with Crippen molar-refractivity contribution < 1.29 is 9.18 Å². The summed E-state index contributed by atoms with van der Waals surface area (Å²) < 4.78 is 14.4. The summed E-state index contributed by atoms with van der Waals surface area (Å²) in [5.74, 6) is 0.0325. The van der Waals surface area contributed by atoms with Crippen LogP contribution < -0.4 is 0 Å². The predicted molar refractivity (Wildman–Crippen MR) is 84.0 cm³/mol. The van der Waals surface area contributed by atoms with E-state index in [9.17, 15) is 9.18 Å². The summed E-state index contributed by atoms with van der Waals surface area (Å²) in [7, 11) is 0. The van der Waals surface area contributed by atoms with Crippen LogP contribution in [0.2, 0.25) is 0 Å². The maximum Gasteiger partial charge on any atom is 0.260 e. The van der Waals surface area contributed by atoms with E-state index in [0.717, 1.165) is 0 Å². The molecule has 0 N–H and O–H groups in total. The van der Waals surface area contributed by atoms with E-state index < -0.39 is 6.67 Å². The monoisotopic (exact) mass is 326 g/mol. The molecule has 122 valence electrons. The van der Waals surface area contributed by atoms with Gasteiger partial charge in [-0.2, -0.15) is 5.10 Å². The summed E-state index contributed by atoms with van der Waals surface area (Å²) in [6, 6.07) is 3.28. The number of alkyl halides is 1. The minimum absolute atomic E-state index is 0.111. The zero-order valence-corrected chi connectivity index (χ0v) is 13.0. The molecule has 24 heavy (non-hydrogen) atoms. The topological polar surface area (TPSA) is 76.3 Å². The average molecular weight is 326 g/mol. The Morgan fingerprint density at radius 2 is 2.00 bits per heavy atom. The van der Waals surface area contributed by atoms with Crippen molar-refractivity contribution in [1.29, 1.82) is 0 Å². The molecule has 0 radical (unpaired) electrons. The maximum atomic E-state index is 13.0. The van der Waals surface area contributed by atoms with Gasteiger partial charge in [0.05, 0.1) is 6.67 Å². The Labute approximate surface area is 137 Å². The SMILES string of the molecule is CC1C(CF)CN1C(=O)c1c(-c2ncccn2)nn2cccnc12.